The van der Waals surface area contributed by atoms with Gasteiger partial charge < -0.3 is 10.1 Å². The number of thiol groups is 1. The van der Waals surface area contributed by atoms with Crippen molar-refractivity contribution < 1.29 is 14.3 Å². The van der Waals surface area contributed by atoms with Crippen molar-refractivity contribution in [1.29, 1.82) is 0 Å². The van der Waals surface area contributed by atoms with E-state index in [-0.39, 0.29) is 0 Å². The van der Waals surface area contributed by atoms with Crippen molar-refractivity contribution in [2.75, 3.05) is 12.4 Å². The summed E-state index contributed by atoms with van der Waals surface area (Å²) in [6, 6.07) is 24.7. The van der Waals surface area contributed by atoms with E-state index in [1.54, 1.807) is 37.5 Å². The molecule has 0 bridgehead atoms. The number of rotatable bonds is 5. The van der Waals surface area contributed by atoms with Crippen LogP contribution in [-0.4, -0.2) is 23.4 Å². The van der Waals surface area contributed by atoms with Gasteiger partial charge in [-0.2, -0.15) is 0 Å². The fourth-order valence-corrected chi connectivity index (χ4v) is 2.82. The molecule has 5 nitrogen and oxygen atoms in total. The molecule has 29 heavy (non-hydrogen) atoms. The normalized spacial score (nSPS) is 10.9. The zero-order valence-electron chi connectivity index (χ0n) is 15.8. The molecule has 3 rings (SSSR count). The number of urea groups is 1. The highest BCUT2D eigenvalue weighted by molar-refractivity contribution is 7.79. The molecular weight excluding hydrogens is 384 g/mol. The van der Waals surface area contributed by atoms with Gasteiger partial charge in [0.15, 0.2) is 0 Å². The monoisotopic (exact) mass is 404 g/mol. The van der Waals surface area contributed by atoms with Gasteiger partial charge in [-0.05, 0) is 41.5 Å². The molecular formula is C23H20N2O3S. The number of anilines is 1. The molecule has 0 unspecified atom stereocenters. The number of nitrogens with one attached hydrogen (secondary N) is 1. The average molecular weight is 404 g/mol. The fraction of sp³-hybridized carbons (Fsp3) is 0.0435. The van der Waals surface area contributed by atoms with E-state index in [0.29, 0.717) is 22.6 Å². The molecule has 0 saturated heterocycles. The summed E-state index contributed by atoms with van der Waals surface area (Å²) in [4.78, 5) is 25.6. The quantitative estimate of drug-likeness (QED) is 0.352. The Morgan fingerprint density at radius 3 is 2.07 bits per heavy atom. The van der Waals surface area contributed by atoms with Gasteiger partial charge in [0, 0.05) is 11.3 Å². The third-order valence-corrected chi connectivity index (χ3v) is 4.52. The number of benzene rings is 3. The maximum atomic E-state index is 13.1. The predicted molar refractivity (Wildman–Crippen MR) is 119 cm³/mol. The minimum atomic E-state index is -0.654. The minimum absolute atomic E-state index is 0.358. The van der Waals surface area contributed by atoms with E-state index in [2.05, 4.69) is 18.1 Å². The highest BCUT2D eigenvalue weighted by Crippen LogP contribution is 2.23. The summed E-state index contributed by atoms with van der Waals surface area (Å²) in [5, 5.41) is 2.65. The summed E-state index contributed by atoms with van der Waals surface area (Å²) in [6.45, 7) is 0. The molecule has 0 aliphatic carbocycles. The number of amides is 3. The smallest absolute Gasteiger partial charge is 0.338 e. The molecule has 0 aliphatic rings. The molecule has 0 heterocycles. The number of hydrogen-bond acceptors (Lipinski definition) is 4. The molecule has 1 N–H and O–H groups in total. The number of carbonyl (C=O) groups excluding carboxylic acids is 2. The van der Waals surface area contributed by atoms with Crippen LogP contribution in [0.1, 0.15) is 11.1 Å². The van der Waals surface area contributed by atoms with Crippen LogP contribution < -0.4 is 10.1 Å². The minimum Gasteiger partial charge on any atom is -0.497 e. The molecule has 0 aliphatic heterocycles. The Bertz CT molecular complexity index is 1000. The third kappa shape index (κ3) is 5.27. The number of carbonyl (C=O) groups is 2. The van der Waals surface area contributed by atoms with E-state index in [4.69, 9.17) is 4.74 Å². The summed E-state index contributed by atoms with van der Waals surface area (Å²) in [6.07, 6.45) is 1.74. The predicted octanol–water partition coefficient (Wildman–Crippen LogP) is 5.14. The van der Waals surface area contributed by atoms with Gasteiger partial charge in [-0.15, -0.1) is 0 Å². The van der Waals surface area contributed by atoms with E-state index in [1.807, 2.05) is 60.7 Å². The van der Waals surface area contributed by atoms with Crippen molar-refractivity contribution in [2.24, 2.45) is 0 Å². The highest BCUT2D eigenvalue weighted by atomic mass is 32.1. The zero-order chi connectivity index (χ0) is 20.6. The molecule has 0 spiro atoms. The van der Waals surface area contributed by atoms with Crippen LogP contribution in [0.4, 0.5) is 10.5 Å². The van der Waals surface area contributed by atoms with Gasteiger partial charge in [-0.3, -0.25) is 4.79 Å². The molecule has 6 heteroatoms. The van der Waals surface area contributed by atoms with Gasteiger partial charge in [-0.25, -0.2) is 9.10 Å². The zero-order valence-corrected chi connectivity index (χ0v) is 16.7. The number of hydrogen-bond donors (Lipinski definition) is 2. The van der Waals surface area contributed by atoms with Crippen LogP contribution >= 0.6 is 12.8 Å². The Balaban J connectivity index is 1.84. The van der Waals surface area contributed by atoms with Crippen LogP contribution in [0.15, 0.2) is 84.9 Å². The molecule has 0 radical (unpaired) electrons. The van der Waals surface area contributed by atoms with Crippen LogP contribution in [0, 0.1) is 0 Å². The van der Waals surface area contributed by atoms with Gasteiger partial charge in [-0.1, -0.05) is 73.5 Å². The largest absolute Gasteiger partial charge is 0.497 e. The van der Waals surface area contributed by atoms with Gasteiger partial charge in [0.2, 0.25) is 0 Å². The summed E-state index contributed by atoms with van der Waals surface area (Å²) < 4.78 is 5.87. The van der Waals surface area contributed by atoms with Crippen molar-refractivity contribution in [3.8, 4) is 5.75 Å². The van der Waals surface area contributed by atoms with Crippen LogP contribution in [-0.2, 0) is 4.79 Å². The lowest BCUT2D eigenvalue weighted by Crippen LogP contribution is -2.33. The first-order chi connectivity index (χ1) is 14.1. The number of imide groups is 1. The van der Waals surface area contributed by atoms with E-state index in [1.165, 1.54) is 0 Å². The Morgan fingerprint density at radius 2 is 1.48 bits per heavy atom. The lowest BCUT2D eigenvalue weighted by Gasteiger charge is -2.17. The molecule has 0 fully saturated rings. The fourth-order valence-electron chi connectivity index (χ4n) is 2.66. The second-order valence-electron chi connectivity index (χ2n) is 6.11. The SMILES string of the molecule is COc1ccc(NC(=O)N(S)C(=O)C(=Cc2ccccc2)c2ccccc2)cc1. The van der Waals surface area contributed by atoms with E-state index in [9.17, 15) is 9.59 Å². The maximum Gasteiger partial charge on any atom is 0.338 e. The third-order valence-electron chi connectivity index (χ3n) is 4.15. The topological polar surface area (TPSA) is 58.6 Å². The summed E-state index contributed by atoms with van der Waals surface area (Å²) >= 11 is 4.15. The number of methoxy groups -OCH3 is 1. The second-order valence-corrected chi connectivity index (χ2v) is 6.51. The van der Waals surface area contributed by atoms with E-state index >= 15 is 0 Å². The van der Waals surface area contributed by atoms with E-state index < -0.39 is 11.9 Å². The first-order valence-electron chi connectivity index (χ1n) is 8.89. The van der Waals surface area contributed by atoms with Crippen molar-refractivity contribution in [3.63, 3.8) is 0 Å². The van der Waals surface area contributed by atoms with Crippen molar-refractivity contribution in [2.45, 2.75) is 0 Å². The van der Waals surface area contributed by atoms with E-state index in [0.717, 1.165) is 9.87 Å². The lowest BCUT2D eigenvalue weighted by molar-refractivity contribution is -0.118. The van der Waals surface area contributed by atoms with Crippen LogP contribution in [0.3, 0.4) is 0 Å². The Kier molecular flexibility index (Phi) is 6.71. The molecule has 3 aromatic rings. The van der Waals surface area contributed by atoms with Crippen molar-refractivity contribution in [1.82, 2.24) is 4.31 Å². The Labute approximate surface area is 175 Å². The second kappa shape index (κ2) is 9.61. The van der Waals surface area contributed by atoms with Gasteiger partial charge in [0.1, 0.15) is 5.75 Å². The summed E-state index contributed by atoms with van der Waals surface area (Å²) in [5.41, 5.74) is 2.42. The first-order valence-corrected chi connectivity index (χ1v) is 9.29. The molecule has 146 valence electrons. The van der Waals surface area contributed by atoms with Crippen molar-refractivity contribution >= 4 is 42.1 Å². The molecule has 0 aromatic heterocycles. The van der Waals surface area contributed by atoms with Crippen LogP contribution in [0.5, 0.6) is 5.75 Å². The average Bonchev–Trinajstić information content (AvgIpc) is 2.78. The standard InChI is InChI=1S/C23H20N2O3S/c1-28-20-14-12-19(13-15-20)24-23(27)25(29)22(26)21(18-10-6-3-7-11-18)16-17-8-4-2-5-9-17/h2-16,29H,1H3,(H,24,27). The Hall–Kier alpha value is -3.51. The van der Waals surface area contributed by atoms with Crippen LogP contribution in [0.2, 0.25) is 0 Å². The van der Waals surface area contributed by atoms with Gasteiger partial charge in [0.05, 0.1) is 7.11 Å². The van der Waals surface area contributed by atoms with Gasteiger partial charge >= 0.3 is 6.03 Å². The number of ether oxygens (including phenoxy) is 1. The number of nitrogens with zero attached hydrogens (tertiary/aromatic N) is 1. The maximum absolute atomic E-state index is 13.1. The van der Waals surface area contributed by atoms with Gasteiger partial charge in [0.25, 0.3) is 5.91 Å². The molecule has 3 amide bonds. The molecule has 0 saturated carbocycles. The first kappa shape index (κ1) is 20.2. The van der Waals surface area contributed by atoms with Crippen LogP contribution in [0.25, 0.3) is 11.6 Å². The summed E-state index contributed by atoms with van der Waals surface area (Å²) in [7, 11) is 1.56. The molecule has 0 atom stereocenters. The Morgan fingerprint density at radius 1 is 0.897 bits per heavy atom. The summed E-state index contributed by atoms with van der Waals surface area (Å²) in [5.74, 6) is 0.133. The lowest BCUT2D eigenvalue weighted by atomic mass is 10.0. The van der Waals surface area contributed by atoms with Crippen molar-refractivity contribution in [3.05, 3.63) is 96.1 Å². The highest BCUT2D eigenvalue weighted by Gasteiger charge is 2.23. The molecule has 3 aromatic carbocycles.